The molecule has 2 aliphatic heterocycles. The lowest BCUT2D eigenvalue weighted by Gasteiger charge is -2.63. The van der Waals surface area contributed by atoms with Crippen LogP contribution in [-0.2, 0) is 77.8 Å². The van der Waals surface area contributed by atoms with Gasteiger partial charge in [0, 0.05) is 71.8 Å². The molecule has 3 saturated carbocycles. The fourth-order valence-corrected chi connectivity index (χ4v) is 12.8. The summed E-state index contributed by atoms with van der Waals surface area (Å²) in [5.74, 6) is -3.78. The van der Waals surface area contributed by atoms with E-state index in [1.54, 1.807) is 13.8 Å². The summed E-state index contributed by atoms with van der Waals surface area (Å²) in [5.41, 5.74) is -3.57. The summed E-state index contributed by atoms with van der Waals surface area (Å²) in [6.07, 6.45) is 1.68. The number of aliphatic hydroxyl groups is 2. The van der Waals surface area contributed by atoms with Crippen molar-refractivity contribution in [2.75, 3.05) is 131 Å². The summed E-state index contributed by atoms with van der Waals surface area (Å²) in [5, 5.41) is 27.8. The topological polar surface area (TPSA) is 267 Å². The Morgan fingerprint density at radius 3 is 1.88 bits per heavy atom. The van der Waals surface area contributed by atoms with E-state index in [0.29, 0.717) is 123 Å². The first-order chi connectivity index (χ1) is 40.5. The van der Waals surface area contributed by atoms with Crippen molar-refractivity contribution in [3.8, 4) is 0 Å². The van der Waals surface area contributed by atoms with Crippen LogP contribution in [0, 0.1) is 22.7 Å². The molecule has 23 heteroatoms. The van der Waals surface area contributed by atoms with E-state index in [0.717, 1.165) is 16.0 Å². The monoisotopic (exact) mass is 1180 g/mol. The van der Waals surface area contributed by atoms with Gasteiger partial charge in [0.05, 0.1) is 124 Å². The highest BCUT2D eigenvalue weighted by Crippen LogP contribution is 2.72. The minimum Gasteiger partial charge on any atom is -0.390 e. The quantitative estimate of drug-likeness (QED) is 0.0430. The van der Waals surface area contributed by atoms with E-state index in [1.165, 1.54) is 30.4 Å². The molecule has 1 saturated heterocycles. The number of anilines is 1. The highest BCUT2D eigenvalue weighted by atomic mass is 19.1. The minimum atomic E-state index is -2.31. The number of nitrogens with one attached hydrogen (secondary N) is 2. The van der Waals surface area contributed by atoms with E-state index in [2.05, 4.69) is 10.6 Å². The summed E-state index contributed by atoms with van der Waals surface area (Å²) in [6.45, 7) is 8.81. The van der Waals surface area contributed by atoms with Crippen molar-refractivity contribution in [3.05, 3.63) is 101 Å². The van der Waals surface area contributed by atoms with E-state index in [9.17, 15) is 39.0 Å². The van der Waals surface area contributed by atoms with Crippen LogP contribution in [0.2, 0.25) is 0 Å². The van der Waals surface area contributed by atoms with Crippen molar-refractivity contribution in [2.24, 2.45) is 22.7 Å². The molecule has 0 bridgehead atoms. The summed E-state index contributed by atoms with van der Waals surface area (Å²) in [7, 11) is 0. The van der Waals surface area contributed by atoms with Gasteiger partial charge in [-0.1, -0.05) is 49.4 Å². The standard InChI is InChI=1S/C61H79F2N3O18/c1-58-15-12-45(68)36-48(58)49(62)37-47-46-38-52-61(51(70)40-67,59(46,2)39-50(69)60(47,58)63)84-57(83-52)43-8-6-41(7-9-43)34-42-4-3-5-44(35-42)65-54(72)14-18-75-20-22-77-24-26-79-28-30-81-32-33-82-31-29-80-27-25-78-23-21-76-19-16-64-53(71)13-17-66-55(73)10-11-56(66)74/h3-12,15,35-36,46-47,49-50,52,57,67,69H,13-14,16-34,37-40H2,1-2H3,(H,64,71)(H,65,72)/p+1/t46-,47?,49-,50-,52+,57+,58-,59-,60-,61+/m0/s1. The molecule has 4 amide bonds. The normalized spacial score (nSPS) is 28.5. The molecule has 0 aromatic heterocycles. The number of carbonyl (C=O) groups is 5. The van der Waals surface area contributed by atoms with Gasteiger partial charge in [-0.2, -0.15) is 0 Å². The Morgan fingerprint density at radius 2 is 1.30 bits per heavy atom. The van der Waals surface area contributed by atoms with Crippen LogP contribution in [-0.4, -0.2) is 210 Å². The van der Waals surface area contributed by atoms with Crippen molar-refractivity contribution < 1.29 is 95.1 Å². The molecule has 84 heavy (non-hydrogen) atoms. The van der Waals surface area contributed by atoms with Crippen molar-refractivity contribution >= 4 is 40.9 Å². The van der Waals surface area contributed by atoms with Crippen LogP contribution in [0.3, 0.4) is 0 Å². The van der Waals surface area contributed by atoms with Gasteiger partial charge in [0.15, 0.2) is 23.3 Å². The SMILES string of the molecule is C[C@]12C=CC(=[OH+])C=C1[C@@H](F)CC1[C@@H]3C[C@H]4O[C@@H](c5ccc(Cc6cccc(NC(=O)CCOCCOCCOCCOCCOCCOCCOCCOCCNC(=O)CCN7C(=O)C=CC7=O)c6)cc5)O[C@@]4(C(=O)CO)[C@@]3(C)C[C@H](O)[C@@]12F. The van der Waals surface area contributed by atoms with Crippen molar-refractivity contribution in [3.63, 3.8) is 0 Å². The number of hydrogen-bond donors (Lipinski definition) is 4. The van der Waals surface area contributed by atoms with Gasteiger partial charge in [-0.05, 0) is 67.4 Å². The predicted molar refractivity (Wildman–Crippen MR) is 298 cm³/mol. The van der Waals surface area contributed by atoms with Gasteiger partial charge in [-0.15, -0.1) is 0 Å². The number of halogens is 2. The minimum absolute atomic E-state index is 0.0317. The predicted octanol–water partition coefficient (Wildman–Crippen LogP) is 3.79. The average molecular weight is 1180 g/mol. The van der Waals surface area contributed by atoms with E-state index in [4.69, 9.17) is 47.4 Å². The third kappa shape index (κ3) is 15.0. The number of benzene rings is 2. The maximum absolute atomic E-state index is 17.8. The summed E-state index contributed by atoms with van der Waals surface area (Å²) in [4.78, 5) is 72.8. The molecule has 10 atom stereocenters. The molecule has 0 radical (unpaired) electrons. The fourth-order valence-electron chi connectivity index (χ4n) is 12.8. The molecular weight excluding hydrogens is 1100 g/mol. The Kier molecular flexibility index (Phi) is 23.2. The number of hydrogen-bond acceptors (Lipinski definition) is 17. The zero-order valence-electron chi connectivity index (χ0n) is 47.8. The smallest absolute Gasteiger partial charge is 0.339 e. The number of alkyl halides is 2. The van der Waals surface area contributed by atoms with Crippen LogP contribution in [0.5, 0.6) is 0 Å². The van der Waals surface area contributed by atoms with Gasteiger partial charge in [-0.25, -0.2) is 8.78 Å². The number of amides is 4. The molecule has 1 unspecified atom stereocenters. The van der Waals surface area contributed by atoms with Crippen LogP contribution in [0.1, 0.15) is 68.9 Å². The summed E-state index contributed by atoms with van der Waals surface area (Å²) < 4.78 is 91.0. The second-order valence-electron chi connectivity index (χ2n) is 22.1. The van der Waals surface area contributed by atoms with Crippen molar-refractivity contribution in [1.29, 1.82) is 0 Å². The van der Waals surface area contributed by atoms with Crippen LogP contribution < -0.4 is 10.6 Å². The van der Waals surface area contributed by atoms with E-state index in [-0.39, 0.29) is 68.4 Å². The Morgan fingerprint density at radius 1 is 0.726 bits per heavy atom. The number of allylic oxidation sites excluding steroid dienone is 4. The lowest BCUT2D eigenvalue weighted by atomic mass is 9.44. The third-order valence-electron chi connectivity index (χ3n) is 16.9. The first-order valence-electron chi connectivity index (χ1n) is 28.9. The zero-order valence-corrected chi connectivity index (χ0v) is 47.8. The molecule has 460 valence electrons. The average Bonchev–Trinajstić information content (AvgIpc) is 1.39. The molecule has 6 aliphatic rings. The molecule has 5 N–H and O–H groups in total. The molecule has 4 fully saturated rings. The molecule has 2 aromatic rings. The van der Waals surface area contributed by atoms with Crippen LogP contribution in [0.4, 0.5) is 14.5 Å². The number of imide groups is 1. The van der Waals surface area contributed by atoms with E-state index in [1.807, 2.05) is 48.5 Å². The third-order valence-corrected chi connectivity index (χ3v) is 16.9. The lowest BCUT2D eigenvalue weighted by molar-refractivity contribution is -0.235. The van der Waals surface area contributed by atoms with E-state index < -0.39 is 82.8 Å². The maximum Gasteiger partial charge on any atom is 0.339 e. The molecular formula is C61H80F2N3O18+. The second-order valence-corrected chi connectivity index (χ2v) is 22.1. The number of ketones is 2. The molecule has 2 heterocycles. The summed E-state index contributed by atoms with van der Waals surface area (Å²) in [6, 6.07) is 15.0. The Bertz CT molecular complexity index is 2680. The maximum atomic E-state index is 17.8. The van der Waals surface area contributed by atoms with Gasteiger partial charge in [0.25, 0.3) is 11.8 Å². The Labute approximate surface area is 487 Å². The van der Waals surface area contributed by atoms with Gasteiger partial charge < -0.3 is 68.2 Å². The first-order valence-corrected chi connectivity index (χ1v) is 28.9. The van der Waals surface area contributed by atoms with Crippen LogP contribution in [0.15, 0.2) is 84.5 Å². The van der Waals surface area contributed by atoms with Crippen molar-refractivity contribution in [2.45, 2.75) is 88.3 Å². The van der Waals surface area contributed by atoms with Gasteiger partial charge in [0.1, 0.15) is 12.8 Å². The lowest BCUT2D eigenvalue weighted by Crippen LogP contribution is -2.70. The second kappa shape index (κ2) is 30.2. The first kappa shape index (κ1) is 64.5. The molecule has 2 aromatic carbocycles. The summed E-state index contributed by atoms with van der Waals surface area (Å²) >= 11 is 0. The van der Waals surface area contributed by atoms with Crippen LogP contribution in [0.25, 0.3) is 0 Å². The number of aliphatic hydroxyl groups excluding tert-OH is 2. The number of carbonyl (C=O) groups excluding carboxylic acids is 6. The number of nitrogens with zero attached hydrogens (tertiary/aromatic N) is 1. The van der Waals surface area contributed by atoms with Gasteiger partial charge >= 0.3 is 5.78 Å². The molecule has 21 nitrogen and oxygen atoms in total. The number of rotatable bonds is 36. The number of fused-ring (bicyclic) bond motifs is 7. The Balaban J connectivity index is 0.616. The fraction of sp³-hybridized carbons (Fsp3) is 0.607. The van der Waals surface area contributed by atoms with E-state index >= 15 is 8.78 Å². The highest BCUT2D eigenvalue weighted by Gasteiger charge is 2.80. The van der Waals surface area contributed by atoms with Crippen LogP contribution >= 0.6 is 0 Å². The number of Topliss-reactive ketones (excluding diaryl/α,β-unsaturated/α-hetero) is 1. The van der Waals surface area contributed by atoms with Gasteiger partial charge in [0.2, 0.25) is 11.8 Å². The molecule has 8 rings (SSSR count). The van der Waals surface area contributed by atoms with Crippen molar-refractivity contribution in [1.82, 2.24) is 10.2 Å². The Hall–Kier alpha value is -5.54. The largest absolute Gasteiger partial charge is 0.390 e. The zero-order chi connectivity index (χ0) is 59.7. The highest BCUT2D eigenvalue weighted by molar-refractivity contribution is 6.13. The van der Waals surface area contributed by atoms with Gasteiger partial charge in [-0.3, -0.25) is 33.7 Å². The molecule has 4 aliphatic carbocycles. The number of ether oxygens (including phenoxy) is 10. The molecule has 0 spiro atoms.